The predicted molar refractivity (Wildman–Crippen MR) is 130 cm³/mol. The van der Waals surface area contributed by atoms with Crippen LogP contribution in [0.2, 0.25) is 0 Å². The van der Waals surface area contributed by atoms with Crippen molar-refractivity contribution in [1.82, 2.24) is 0 Å². The predicted octanol–water partition coefficient (Wildman–Crippen LogP) is 6.31. The molecule has 4 aromatic carbocycles. The molecular formula is C24H14N2O3S2. The van der Waals surface area contributed by atoms with E-state index in [2.05, 4.69) is 18.2 Å². The number of thioether (sulfide) groups is 1. The van der Waals surface area contributed by atoms with Crippen molar-refractivity contribution in [2.24, 2.45) is 0 Å². The molecule has 1 aliphatic heterocycles. The summed E-state index contributed by atoms with van der Waals surface area (Å²) in [7, 11) is 0. The fraction of sp³-hybridized carbons (Fsp3) is 0. The maximum absolute atomic E-state index is 13.2. The second-order valence-corrected chi connectivity index (χ2v) is 8.70. The zero-order chi connectivity index (χ0) is 21.5. The van der Waals surface area contributed by atoms with E-state index in [9.17, 15) is 14.9 Å². The molecule has 0 bridgehead atoms. The number of carbonyl (C=O) groups is 1. The Labute approximate surface area is 187 Å². The Hall–Kier alpha value is -3.55. The highest BCUT2D eigenvalue weighted by Crippen LogP contribution is 2.39. The molecule has 31 heavy (non-hydrogen) atoms. The molecule has 0 atom stereocenters. The van der Waals surface area contributed by atoms with Gasteiger partial charge in [0.25, 0.3) is 11.6 Å². The molecule has 0 aromatic heterocycles. The third-order valence-corrected chi connectivity index (χ3v) is 6.50. The number of carbonyl (C=O) groups excluding carboxylic acids is 1. The van der Waals surface area contributed by atoms with Gasteiger partial charge in [-0.05, 0) is 51.4 Å². The number of hydrogen-bond acceptors (Lipinski definition) is 5. The summed E-state index contributed by atoms with van der Waals surface area (Å²) in [6.45, 7) is 0. The largest absolute Gasteiger partial charge is 0.270 e. The number of nitro groups is 1. The molecule has 0 aliphatic carbocycles. The molecule has 0 N–H and O–H groups in total. The summed E-state index contributed by atoms with van der Waals surface area (Å²) >= 11 is 6.70. The lowest BCUT2D eigenvalue weighted by molar-refractivity contribution is -0.384. The molecule has 5 rings (SSSR count). The minimum absolute atomic E-state index is 0.0352. The third-order valence-electron chi connectivity index (χ3n) is 5.20. The second-order valence-electron chi connectivity index (χ2n) is 7.02. The van der Waals surface area contributed by atoms with Crippen LogP contribution in [0, 0.1) is 10.1 Å². The molecule has 150 valence electrons. The molecule has 7 heteroatoms. The molecule has 4 aromatic rings. The summed E-state index contributed by atoms with van der Waals surface area (Å²) in [6, 6.07) is 24.1. The highest BCUT2D eigenvalue weighted by atomic mass is 32.2. The van der Waals surface area contributed by atoms with E-state index in [4.69, 9.17) is 12.2 Å². The van der Waals surface area contributed by atoms with Crippen LogP contribution >= 0.6 is 24.0 Å². The number of hydrogen-bond donors (Lipinski definition) is 0. The Bertz CT molecular complexity index is 1370. The number of nitrogens with zero attached hydrogens (tertiary/aromatic N) is 2. The summed E-state index contributed by atoms with van der Waals surface area (Å²) < 4.78 is 0.398. The first-order valence-corrected chi connectivity index (χ1v) is 10.7. The second kappa shape index (κ2) is 7.61. The van der Waals surface area contributed by atoms with Gasteiger partial charge in [-0.1, -0.05) is 72.5 Å². The van der Waals surface area contributed by atoms with Crippen molar-refractivity contribution in [1.29, 1.82) is 0 Å². The maximum Gasteiger partial charge on any atom is 0.270 e. The summed E-state index contributed by atoms with van der Waals surface area (Å²) in [6.07, 6.45) is 1.90. The van der Waals surface area contributed by atoms with Crippen LogP contribution in [0.4, 0.5) is 11.4 Å². The summed E-state index contributed by atoms with van der Waals surface area (Å²) in [5, 5.41) is 15.2. The molecule has 0 unspecified atom stereocenters. The monoisotopic (exact) mass is 442 g/mol. The van der Waals surface area contributed by atoms with E-state index >= 15 is 0 Å². The van der Waals surface area contributed by atoms with E-state index in [1.54, 1.807) is 12.1 Å². The Morgan fingerprint density at radius 3 is 2.06 bits per heavy atom. The Kier molecular flexibility index (Phi) is 4.77. The van der Waals surface area contributed by atoms with E-state index in [0.29, 0.717) is 14.9 Å². The first kappa shape index (κ1) is 19.4. The molecule has 1 amide bonds. The maximum atomic E-state index is 13.2. The Morgan fingerprint density at radius 2 is 1.48 bits per heavy atom. The number of fused-ring (bicyclic) bond motifs is 2. The molecule has 1 fully saturated rings. The summed E-state index contributed by atoms with van der Waals surface area (Å²) in [5.74, 6) is -0.235. The molecule has 0 saturated carbocycles. The minimum atomic E-state index is -0.473. The normalized spacial score (nSPS) is 15.4. The van der Waals surface area contributed by atoms with Crippen molar-refractivity contribution in [2.45, 2.75) is 0 Å². The SMILES string of the molecule is O=C1/C(=C/c2c3ccccc3cc3ccccc23)SC(=S)N1c1ccc([N+](=O)[O-])cc1. The quantitative estimate of drug-likeness (QED) is 0.122. The van der Waals surface area contributed by atoms with Crippen LogP contribution in [0.1, 0.15) is 5.56 Å². The van der Waals surface area contributed by atoms with Crippen LogP contribution in [0.5, 0.6) is 0 Å². The lowest BCUT2D eigenvalue weighted by Gasteiger charge is -2.14. The van der Waals surface area contributed by atoms with Gasteiger partial charge in [-0.2, -0.15) is 0 Å². The van der Waals surface area contributed by atoms with Crippen molar-refractivity contribution >= 4 is 73.2 Å². The minimum Gasteiger partial charge on any atom is -0.268 e. The highest BCUT2D eigenvalue weighted by molar-refractivity contribution is 8.27. The van der Waals surface area contributed by atoms with Crippen LogP contribution < -0.4 is 4.90 Å². The van der Waals surface area contributed by atoms with Crippen molar-refractivity contribution in [3.8, 4) is 0 Å². The third kappa shape index (κ3) is 3.37. The van der Waals surface area contributed by atoms with Crippen molar-refractivity contribution in [2.75, 3.05) is 4.90 Å². The number of benzene rings is 4. The standard InChI is InChI=1S/C24H14N2O3S2/c27-23-22(31-24(30)25(23)17-9-11-18(12-10-17)26(28)29)14-21-19-7-3-1-5-15(19)13-16-6-2-4-8-20(16)21/h1-14H/b22-14-. The molecule has 5 nitrogen and oxygen atoms in total. The van der Waals surface area contributed by atoms with Gasteiger partial charge in [0.15, 0.2) is 4.32 Å². The lowest BCUT2D eigenvalue weighted by atomic mass is 9.96. The average Bonchev–Trinajstić information content (AvgIpc) is 3.06. The highest BCUT2D eigenvalue weighted by Gasteiger charge is 2.33. The van der Waals surface area contributed by atoms with Gasteiger partial charge in [0, 0.05) is 12.1 Å². The fourth-order valence-corrected chi connectivity index (χ4v) is 5.03. The molecule has 0 radical (unpaired) electrons. The number of amides is 1. The number of rotatable bonds is 3. The topological polar surface area (TPSA) is 63.5 Å². The molecule has 1 saturated heterocycles. The van der Waals surface area contributed by atoms with Gasteiger partial charge in [-0.25, -0.2) is 0 Å². The number of thiocarbonyl (C=S) groups is 1. The van der Waals surface area contributed by atoms with E-state index in [1.807, 2.05) is 42.5 Å². The van der Waals surface area contributed by atoms with Crippen LogP contribution in [-0.4, -0.2) is 15.2 Å². The van der Waals surface area contributed by atoms with Gasteiger partial charge in [-0.15, -0.1) is 0 Å². The van der Waals surface area contributed by atoms with Crippen LogP contribution in [-0.2, 0) is 4.79 Å². The van der Waals surface area contributed by atoms with Crippen LogP contribution in [0.15, 0.2) is 83.8 Å². The average molecular weight is 443 g/mol. The van der Waals surface area contributed by atoms with Gasteiger partial charge in [0.1, 0.15) is 0 Å². The fourth-order valence-electron chi connectivity index (χ4n) is 3.75. The molecule has 1 aliphatic rings. The van der Waals surface area contributed by atoms with Crippen LogP contribution in [0.25, 0.3) is 27.6 Å². The van der Waals surface area contributed by atoms with E-state index in [-0.39, 0.29) is 11.6 Å². The Balaban J connectivity index is 1.62. The van der Waals surface area contributed by atoms with Gasteiger partial charge in [-0.3, -0.25) is 19.8 Å². The van der Waals surface area contributed by atoms with E-state index in [1.165, 1.54) is 28.8 Å². The van der Waals surface area contributed by atoms with Crippen molar-refractivity contribution < 1.29 is 9.72 Å². The smallest absolute Gasteiger partial charge is 0.268 e. The van der Waals surface area contributed by atoms with E-state index < -0.39 is 4.92 Å². The first-order valence-electron chi connectivity index (χ1n) is 9.46. The number of nitro benzene ring substituents is 1. The zero-order valence-electron chi connectivity index (χ0n) is 16.0. The van der Waals surface area contributed by atoms with Gasteiger partial charge < -0.3 is 0 Å². The Morgan fingerprint density at radius 1 is 0.903 bits per heavy atom. The summed E-state index contributed by atoms with van der Waals surface area (Å²) in [5.41, 5.74) is 1.45. The van der Waals surface area contributed by atoms with Gasteiger partial charge in [0.05, 0.1) is 15.5 Å². The first-order chi connectivity index (χ1) is 15.0. The molecular weight excluding hydrogens is 428 g/mol. The van der Waals surface area contributed by atoms with Gasteiger partial charge in [0.2, 0.25) is 0 Å². The lowest BCUT2D eigenvalue weighted by Crippen LogP contribution is -2.27. The number of anilines is 1. The van der Waals surface area contributed by atoms with Crippen LogP contribution in [0.3, 0.4) is 0 Å². The van der Waals surface area contributed by atoms with Crippen molar-refractivity contribution in [3.05, 3.63) is 99.4 Å². The zero-order valence-corrected chi connectivity index (χ0v) is 17.7. The number of non-ortho nitro benzene ring substituents is 1. The van der Waals surface area contributed by atoms with Crippen molar-refractivity contribution in [3.63, 3.8) is 0 Å². The molecule has 0 spiro atoms. The molecule has 1 heterocycles. The van der Waals surface area contributed by atoms with E-state index in [0.717, 1.165) is 27.1 Å². The van der Waals surface area contributed by atoms with Gasteiger partial charge >= 0.3 is 0 Å². The summed E-state index contributed by atoms with van der Waals surface area (Å²) in [4.78, 5) is 25.6.